The van der Waals surface area contributed by atoms with Crippen LogP contribution in [0.2, 0.25) is 0 Å². The standard InChI is InChI=1S/C17H31N.C2H6/c1-6-8-16(9-7-2)14-18-12-10-17(5,11-13-18)15(3)4;1-2/h6,8-9,15H,7,10-14H2,1-5H3;1-2H3/b8-6-,16-9+;. The van der Waals surface area contributed by atoms with Gasteiger partial charge in [0.1, 0.15) is 0 Å². The number of piperidine rings is 1. The molecule has 0 saturated carbocycles. The number of nitrogens with zero attached hydrogens (tertiary/aromatic N) is 1. The van der Waals surface area contributed by atoms with Gasteiger partial charge in [-0.05, 0) is 56.2 Å². The van der Waals surface area contributed by atoms with Crippen LogP contribution in [0.3, 0.4) is 0 Å². The molecule has 0 atom stereocenters. The molecule has 0 N–H and O–H groups in total. The first-order chi connectivity index (χ1) is 9.51. The Balaban J connectivity index is 0.00000172. The van der Waals surface area contributed by atoms with Gasteiger partial charge in [0, 0.05) is 6.54 Å². The Morgan fingerprint density at radius 2 is 1.75 bits per heavy atom. The van der Waals surface area contributed by atoms with Crippen LogP contribution in [0, 0.1) is 11.3 Å². The van der Waals surface area contributed by atoms with Gasteiger partial charge in [-0.25, -0.2) is 0 Å². The Kier molecular flexibility index (Phi) is 9.92. The lowest BCUT2D eigenvalue weighted by molar-refractivity contribution is 0.0840. The van der Waals surface area contributed by atoms with Crippen LogP contribution in [-0.4, -0.2) is 24.5 Å². The molecule has 0 aromatic rings. The largest absolute Gasteiger partial charge is 0.299 e. The molecule has 1 rings (SSSR count). The quantitative estimate of drug-likeness (QED) is 0.585. The van der Waals surface area contributed by atoms with E-state index >= 15 is 0 Å². The fraction of sp³-hybridized carbons (Fsp3) is 0.789. The van der Waals surface area contributed by atoms with Crippen molar-refractivity contribution < 1.29 is 0 Å². The second kappa shape index (κ2) is 10.2. The minimum absolute atomic E-state index is 0.561. The van der Waals surface area contributed by atoms with Gasteiger partial charge >= 0.3 is 0 Å². The van der Waals surface area contributed by atoms with Crippen molar-refractivity contribution in [2.24, 2.45) is 11.3 Å². The van der Waals surface area contributed by atoms with E-state index in [-0.39, 0.29) is 0 Å². The van der Waals surface area contributed by atoms with Crippen LogP contribution < -0.4 is 0 Å². The van der Waals surface area contributed by atoms with Gasteiger partial charge in [0.25, 0.3) is 0 Å². The van der Waals surface area contributed by atoms with Crippen LogP contribution in [0.5, 0.6) is 0 Å². The minimum atomic E-state index is 0.561. The lowest BCUT2D eigenvalue weighted by Crippen LogP contribution is -2.41. The van der Waals surface area contributed by atoms with Gasteiger partial charge in [0.2, 0.25) is 0 Å². The highest BCUT2D eigenvalue weighted by molar-refractivity contribution is 5.19. The van der Waals surface area contributed by atoms with Crippen LogP contribution in [0.4, 0.5) is 0 Å². The Morgan fingerprint density at radius 1 is 1.20 bits per heavy atom. The van der Waals surface area contributed by atoms with Crippen LogP contribution in [0.1, 0.15) is 67.7 Å². The highest BCUT2D eigenvalue weighted by atomic mass is 15.1. The van der Waals surface area contributed by atoms with Crippen molar-refractivity contribution in [1.82, 2.24) is 4.90 Å². The summed E-state index contributed by atoms with van der Waals surface area (Å²) in [7, 11) is 0. The fourth-order valence-electron chi connectivity index (χ4n) is 2.72. The van der Waals surface area contributed by atoms with E-state index in [4.69, 9.17) is 0 Å². The molecule has 0 aliphatic carbocycles. The molecule has 0 aromatic carbocycles. The molecule has 1 heteroatoms. The van der Waals surface area contributed by atoms with E-state index in [9.17, 15) is 0 Å². The third-order valence-corrected chi connectivity index (χ3v) is 4.65. The first-order valence-electron chi connectivity index (χ1n) is 8.56. The van der Waals surface area contributed by atoms with E-state index in [2.05, 4.69) is 57.7 Å². The summed E-state index contributed by atoms with van der Waals surface area (Å²) in [5.41, 5.74) is 2.04. The summed E-state index contributed by atoms with van der Waals surface area (Å²) >= 11 is 0. The summed E-state index contributed by atoms with van der Waals surface area (Å²) in [6.07, 6.45) is 10.6. The summed E-state index contributed by atoms with van der Waals surface area (Å²) < 4.78 is 0. The third kappa shape index (κ3) is 6.26. The molecule has 1 fully saturated rings. The van der Waals surface area contributed by atoms with Gasteiger partial charge in [0.15, 0.2) is 0 Å². The number of likely N-dealkylation sites (tertiary alicyclic amines) is 1. The van der Waals surface area contributed by atoms with Gasteiger partial charge in [-0.1, -0.05) is 59.8 Å². The molecule has 1 nitrogen and oxygen atoms in total. The van der Waals surface area contributed by atoms with Crippen molar-refractivity contribution in [2.45, 2.75) is 67.7 Å². The second-order valence-corrected chi connectivity index (χ2v) is 6.27. The van der Waals surface area contributed by atoms with E-state index in [0.717, 1.165) is 18.9 Å². The molecule has 20 heavy (non-hydrogen) atoms. The molecular weight excluding hydrogens is 242 g/mol. The van der Waals surface area contributed by atoms with Gasteiger partial charge in [-0.2, -0.15) is 0 Å². The summed E-state index contributed by atoms with van der Waals surface area (Å²) in [5, 5.41) is 0. The predicted molar refractivity (Wildman–Crippen MR) is 93.2 cm³/mol. The lowest BCUT2D eigenvalue weighted by atomic mass is 9.72. The summed E-state index contributed by atoms with van der Waals surface area (Å²) in [6.45, 7) is 19.2. The van der Waals surface area contributed by atoms with Crippen molar-refractivity contribution in [3.63, 3.8) is 0 Å². The zero-order valence-electron chi connectivity index (χ0n) is 15.0. The van der Waals surface area contributed by atoms with E-state index in [1.165, 1.54) is 31.5 Å². The number of hydrogen-bond acceptors (Lipinski definition) is 1. The second-order valence-electron chi connectivity index (χ2n) is 6.27. The number of allylic oxidation sites excluding steroid dienone is 2. The number of rotatable bonds is 5. The SMILES string of the molecule is C/C=C\C(=C/CC)CN1CCC(C)(C(C)C)CC1.CC. The highest BCUT2D eigenvalue weighted by Gasteiger charge is 2.32. The Morgan fingerprint density at radius 3 is 2.15 bits per heavy atom. The average Bonchev–Trinajstić information content (AvgIpc) is 2.44. The van der Waals surface area contributed by atoms with Crippen LogP contribution >= 0.6 is 0 Å². The smallest absolute Gasteiger partial charge is 0.0230 e. The average molecular weight is 280 g/mol. The van der Waals surface area contributed by atoms with Gasteiger partial charge in [-0.3, -0.25) is 4.90 Å². The molecule has 1 saturated heterocycles. The van der Waals surface area contributed by atoms with Crippen molar-refractivity contribution in [1.29, 1.82) is 0 Å². The zero-order valence-corrected chi connectivity index (χ0v) is 15.0. The van der Waals surface area contributed by atoms with Gasteiger partial charge in [0.05, 0.1) is 0 Å². The van der Waals surface area contributed by atoms with Crippen LogP contribution in [0.25, 0.3) is 0 Å². The minimum Gasteiger partial charge on any atom is -0.299 e. The van der Waals surface area contributed by atoms with Gasteiger partial charge < -0.3 is 0 Å². The summed E-state index contributed by atoms with van der Waals surface area (Å²) in [6, 6.07) is 0. The summed E-state index contributed by atoms with van der Waals surface area (Å²) in [5.74, 6) is 0.806. The monoisotopic (exact) mass is 279 g/mol. The van der Waals surface area contributed by atoms with E-state index < -0.39 is 0 Å². The Bertz CT molecular complexity index is 291. The Hall–Kier alpha value is -0.560. The molecule has 0 spiro atoms. The van der Waals surface area contributed by atoms with E-state index in [1.807, 2.05) is 13.8 Å². The molecule has 1 aliphatic rings. The van der Waals surface area contributed by atoms with Crippen molar-refractivity contribution in [2.75, 3.05) is 19.6 Å². The molecule has 0 radical (unpaired) electrons. The molecular formula is C19H37N. The molecule has 1 heterocycles. The Labute approximate surface area is 128 Å². The molecule has 0 unspecified atom stereocenters. The lowest BCUT2D eigenvalue weighted by Gasteiger charge is -2.42. The maximum absolute atomic E-state index is 2.62. The fourth-order valence-corrected chi connectivity index (χ4v) is 2.72. The van der Waals surface area contributed by atoms with E-state index in [0.29, 0.717) is 5.41 Å². The first kappa shape index (κ1) is 19.4. The van der Waals surface area contributed by atoms with Crippen molar-refractivity contribution in [3.05, 3.63) is 23.8 Å². The third-order valence-electron chi connectivity index (χ3n) is 4.65. The topological polar surface area (TPSA) is 3.24 Å². The van der Waals surface area contributed by atoms with E-state index in [1.54, 1.807) is 0 Å². The van der Waals surface area contributed by atoms with Crippen LogP contribution in [0.15, 0.2) is 23.8 Å². The maximum atomic E-state index is 2.62. The zero-order chi connectivity index (χ0) is 15.6. The van der Waals surface area contributed by atoms with Crippen LogP contribution in [-0.2, 0) is 0 Å². The maximum Gasteiger partial charge on any atom is 0.0230 e. The van der Waals surface area contributed by atoms with Crippen molar-refractivity contribution >= 4 is 0 Å². The molecule has 118 valence electrons. The molecule has 0 bridgehead atoms. The first-order valence-corrected chi connectivity index (χ1v) is 8.56. The molecule has 1 aliphatic heterocycles. The predicted octanol–water partition coefficient (Wildman–Crippen LogP) is 5.68. The normalized spacial score (nSPS) is 20.1. The summed E-state index contributed by atoms with van der Waals surface area (Å²) in [4.78, 5) is 2.62. The van der Waals surface area contributed by atoms with Gasteiger partial charge in [-0.15, -0.1) is 0 Å². The molecule has 0 amide bonds. The van der Waals surface area contributed by atoms with Crippen molar-refractivity contribution in [3.8, 4) is 0 Å². The number of hydrogen-bond donors (Lipinski definition) is 0. The highest BCUT2D eigenvalue weighted by Crippen LogP contribution is 2.38. The molecule has 0 aromatic heterocycles.